The van der Waals surface area contributed by atoms with Gasteiger partial charge in [0.15, 0.2) is 0 Å². The van der Waals surface area contributed by atoms with Crippen molar-refractivity contribution in [2.24, 2.45) is 0 Å². The summed E-state index contributed by atoms with van der Waals surface area (Å²) >= 11 is 0. The number of aryl methyl sites for hydroxylation is 1. The van der Waals surface area contributed by atoms with Crippen LogP contribution in [0.5, 0.6) is 0 Å². The van der Waals surface area contributed by atoms with Gasteiger partial charge in [0.2, 0.25) is 16.0 Å². The molecule has 1 aliphatic heterocycles. The van der Waals surface area contributed by atoms with Crippen LogP contribution < -0.4 is 4.90 Å². The predicted octanol–water partition coefficient (Wildman–Crippen LogP) is 5.02. The number of hydrogen-bond donors (Lipinski definition) is 0. The second kappa shape index (κ2) is 10.3. The lowest BCUT2D eigenvalue weighted by Gasteiger charge is -2.34. The van der Waals surface area contributed by atoms with Gasteiger partial charge in [0.1, 0.15) is 0 Å². The smallest absolute Gasteiger partial charge is 0.338 e. The Kier molecular flexibility index (Phi) is 7.42. The molecule has 0 N–H and O–H groups in total. The monoisotopic (exact) mass is 504 g/mol. The van der Waals surface area contributed by atoms with Crippen LogP contribution in [0.2, 0.25) is 0 Å². The number of rotatable bonds is 7. The fourth-order valence-electron chi connectivity index (χ4n) is 4.00. The summed E-state index contributed by atoms with van der Waals surface area (Å²) in [5.41, 5.74) is 1.09. The van der Waals surface area contributed by atoms with E-state index in [1.807, 2.05) is 17.0 Å². The van der Waals surface area contributed by atoms with E-state index in [0.717, 1.165) is 37.0 Å². The van der Waals surface area contributed by atoms with Crippen molar-refractivity contribution in [1.82, 2.24) is 14.3 Å². The third kappa shape index (κ3) is 5.82. The Bertz CT molecular complexity index is 1260. The zero-order chi connectivity index (χ0) is 25.1. The highest BCUT2D eigenvalue weighted by Crippen LogP contribution is 2.32. The summed E-state index contributed by atoms with van der Waals surface area (Å²) in [6, 6.07) is 13.6. The van der Waals surface area contributed by atoms with Crippen molar-refractivity contribution in [3.05, 3.63) is 71.9 Å². The third-order valence-electron chi connectivity index (χ3n) is 6.03. The lowest BCUT2D eigenvalue weighted by atomic mass is 10.1. The molecule has 2 heterocycles. The predicted molar refractivity (Wildman–Crippen MR) is 128 cm³/mol. The molecule has 0 amide bonds. The van der Waals surface area contributed by atoms with Crippen LogP contribution in [-0.2, 0) is 22.6 Å². The first-order valence-electron chi connectivity index (χ1n) is 11.5. The molecule has 0 radical (unpaired) electrons. The van der Waals surface area contributed by atoms with Gasteiger partial charge in [0, 0.05) is 37.9 Å². The molecule has 0 bridgehead atoms. The standard InChI is InChI=1S/C25H27F3N4O2S/c1-2-3-5-19-8-10-22(11-9-19)35(33,34)32-16-14-31(15-17-32)24-29-13-12-23(30-24)20-6-4-7-21(18-20)25(26,27)28/h4,6-13,18H,2-3,5,14-17H2,1H3. The number of nitrogens with zero attached hydrogens (tertiary/aromatic N) is 4. The maximum Gasteiger partial charge on any atom is 0.416 e. The van der Waals surface area contributed by atoms with Crippen molar-refractivity contribution < 1.29 is 21.6 Å². The van der Waals surface area contributed by atoms with E-state index in [0.29, 0.717) is 30.3 Å². The fraction of sp³-hybridized carbons (Fsp3) is 0.360. The first-order chi connectivity index (χ1) is 16.7. The zero-order valence-corrected chi connectivity index (χ0v) is 20.2. The summed E-state index contributed by atoms with van der Waals surface area (Å²) in [6.07, 6.45) is 0.127. The number of anilines is 1. The summed E-state index contributed by atoms with van der Waals surface area (Å²) in [5, 5.41) is 0. The number of piperazine rings is 1. The van der Waals surface area contributed by atoms with Gasteiger partial charge in [0.05, 0.1) is 16.2 Å². The SMILES string of the molecule is CCCCc1ccc(S(=O)(=O)N2CCN(c3nccc(-c4cccc(C(F)(F)F)c4)n3)CC2)cc1. The first kappa shape index (κ1) is 25.1. The second-order valence-corrected chi connectivity index (χ2v) is 10.4. The van der Waals surface area contributed by atoms with E-state index in [9.17, 15) is 21.6 Å². The van der Waals surface area contributed by atoms with Crippen LogP contribution in [-0.4, -0.2) is 48.9 Å². The summed E-state index contributed by atoms with van der Waals surface area (Å²) < 4.78 is 66.9. The average molecular weight is 505 g/mol. The molecule has 0 atom stereocenters. The third-order valence-corrected chi connectivity index (χ3v) is 7.94. The Hall–Kier alpha value is -2.98. The highest BCUT2D eigenvalue weighted by Gasteiger charge is 2.31. The normalized spacial score (nSPS) is 15.4. The molecule has 1 aromatic heterocycles. The van der Waals surface area contributed by atoms with Crippen LogP contribution in [0.25, 0.3) is 11.3 Å². The number of unbranched alkanes of at least 4 members (excludes halogenated alkanes) is 1. The van der Waals surface area contributed by atoms with E-state index in [4.69, 9.17) is 0 Å². The molecule has 0 saturated carbocycles. The molecule has 10 heteroatoms. The molecular formula is C25H27F3N4O2S. The Labute approximate surface area is 203 Å². The largest absolute Gasteiger partial charge is 0.416 e. The van der Waals surface area contributed by atoms with Gasteiger partial charge >= 0.3 is 6.18 Å². The van der Waals surface area contributed by atoms with Crippen LogP contribution in [0.3, 0.4) is 0 Å². The van der Waals surface area contributed by atoms with E-state index in [1.54, 1.807) is 24.3 Å². The molecule has 0 unspecified atom stereocenters. The number of halogens is 3. The molecular weight excluding hydrogens is 477 g/mol. The Balaban J connectivity index is 1.44. The number of alkyl halides is 3. The molecule has 6 nitrogen and oxygen atoms in total. The van der Waals surface area contributed by atoms with E-state index >= 15 is 0 Å². The molecule has 1 aliphatic rings. The molecule has 35 heavy (non-hydrogen) atoms. The van der Waals surface area contributed by atoms with Crippen molar-refractivity contribution in [2.75, 3.05) is 31.1 Å². The summed E-state index contributed by atoms with van der Waals surface area (Å²) in [4.78, 5) is 10.8. The van der Waals surface area contributed by atoms with Crippen LogP contribution in [0.15, 0.2) is 65.7 Å². The van der Waals surface area contributed by atoms with Crippen LogP contribution in [0, 0.1) is 0 Å². The molecule has 3 aromatic rings. The van der Waals surface area contributed by atoms with Gasteiger partial charge in [0.25, 0.3) is 0 Å². The van der Waals surface area contributed by atoms with E-state index in [-0.39, 0.29) is 18.0 Å². The molecule has 0 aliphatic carbocycles. The topological polar surface area (TPSA) is 66.4 Å². The Morgan fingerprint density at radius 2 is 1.69 bits per heavy atom. The van der Waals surface area contributed by atoms with Gasteiger partial charge in [-0.05, 0) is 48.7 Å². The Morgan fingerprint density at radius 1 is 0.971 bits per heavy atom. The van der Waals surface area contributed by atoms with Gasteiger partial charge in [-0.1, -0.05) is 37.6 Å². The molecule has 1 saturated heterocycles. The molecule has 186 valence electrons. The number of sulfonamides is 1. The van der Waals surface area contributed by atoms with Gasteiger partial charge < -0.3 is 4.90 Å². The number of aromatic nitrogens is 2. The maximum atomic E-state index is 13.1. The maximum absolute atomic E-state index is 13.1. The van der Waals surface area contributed by atoms with E-state index in [2.05, 4.69) is 16.9 Å². The van der Waals surface area contributed by atoms with Gasteiger partial charge in [-0.2, -0.15) is 17.5 Å². The molecule has 4 rings (SSSR count). The van der Waals surface area contributed by atoms with Gasteiger partial charge in [-0.25, -0.2) is 18.4 Å². The van der Waals surface area contributed by atoms with E-state index < -0.39 is 21.8 Å². The minimum absolute atomic E-state index is 0.261. The molecule has 2 aromatic carbocycles. The van der Waals surface area contributed by atoms with Crippen molar-refractivity contribution in [2.45, 2.75) is 37.3 Å². The van der Waals surface area contributed by atoms with Crippen molar-refractivity contribution in [3.8, 4) is 11.3 Å². The minimum Gasteiger partial charge on any atom is -0.338 e. The average Bonchev–Trinajstić information content (AvgIpc) is 2.87. The summed E-state index contributed by atoms with van der Waals surface area (Å²) in [6.45, 7) is 3.39. The summed E-state index contributed by atoms with van der Waals surface area (Å²) in [7, 11) is -3.62. The second-order valence-electron chi connectivity index (χ2n) is 8.46. The highest BCUT2D eigenvalue weighted by molar-refractivity contribution is 7.89. The highest BCUT2D eigenvalue weighted by atomic mass is 32.2. The van der Waals surface area contributed by atoms with Crippen molar-refractivity contribution in [3.63, 3.8) is 0 Å². The lowest BCUT2D eigenvalue weighted by Crippen LogP contribution is -2.49. The van der Waals surface area contributed by atoms with Crippen LogP contribution in [0.1, 0.15) is 30.9 Å². The summed E-state index contributed by atoms with van der Waals surface area (Å²) in [5.74, 6) is 0.359. The van der Waals surface area contributed by atoms with Crippen LogP contribution >= 0.6 is 0 Å². The number of benzene rings is 2. The molecule has 0 spiro atoms. The van der Waals surface area contributed by atoms with Crippen molar-refractivity contribution >= 4 is 16.0 Å². The molecule has 1 fully saturated rings. The minimum atomic E-state index is -4.44. The zero-order valence-electron chi connectivity index (χ0n) is 19.4. The lowest BCUT2D eigenvalue weighted by molar-refractivity contribution is -0.137. The quantitative estimate of drug-likeness (QED) is 0.452. The Morgan fingerprint density at radius 3 is 2.34 bits per heavy atom. The first-order valence-corrected chi connectivity index (χ1v) is 13.0. The van der Waals surface area contributed by atoms with Crippen molar-refractivity contribution in [1.29, 1.82) is 0 Å². The fourth-order valence-corrected chi connectivity index (χ4v) is 5.43. The van der Waals surface area contributed by atoms with Gasteiger partial charge in [-0.3, -0.25) is 0 Å². The van der Waals surface area contributed by atoms with Gasteiger partial charge in [-0.15, -0.1) is 0 Å². The van der Waals surface area contributed by atoms with Crippen LogP contribution in [0.4, 0.5) is 19.1 Å². The number of hydrogen-bond acceptors (Lipinski definition) is 5. The van der Waals surface area contributed by atoms with E-state index in [1.165, 1.54) is 16.6 Å².